The molecule has 1 saturated heterocycles. The van der Waals surface area contributed by atoms with Gasteiger partial charge in [-0.1, -0.05) is 11.3 Å². The first-order chi connectivity index (χ1) is 9.20. The first kappa shape index (κ1) is 13.9. The zero-order valence-corrected chi connectivity index (χ0v) is 11.5. The highest BCUT2D eigenvalue weighted by Crippen LogP contribution is 2.20. The van der Waals surface area contributed by atoms with Crippen molar-refractivity contribution in [3.63, 3.8) is 0 Å². The van der Waals surface area contributed by atoms with Crippen molar-refractivity contribution in [1.82, 2.24) is 15.1 Å². The minimum atomic E-state index is -0.0736. The van der Waals surface area contributed by atoms with Gasteiger partial charge in [-0.15, -0.1) is 10.2 Å². The summed E-state index contributed by atoms with van der Waals surface area (Å²) in [5.74, 6) is -0.142. The lowest BCUT2D eigenvalue weighted by atomic mass is 9.96. The van der Waals surface area contributed by atoms with Crippen molar-refractivity contribution >= 4 is 28.3 Å². The Morgan fingerprint density at radius 3 is 2.84 bits per heavy atom. The molecule has 0 aromatic carbocycles. The number of piperidine rings is 1. The predicted molar refractivity (Wildman–Crippen MR) is 69.7 cm³/mol. The van der Waals surface area contributed by atoms with Gasteiger partial charge in [0.05, 0.1) is 0 Å². The Kier molecular flexibility index (Phi) is 4.80. The fraction of sp³-hybridized carbons (Fsp3) is 0.636. The van der Waals surface area contributed by atoms with Gasteiger partial charge in [-0.25, -0.2) is 0 Å². The van der Waals surface area contributed by atoms with Crippen molar-refractivity contribution in [1.29, 1.82) is 0 Å². The third-order valence-corrected chi connectivity index (χ3v) is 3.68. The van der Waals surface area contributed by atoms with Crippen molar-refractivity contribution in [3.05, 3.63) is 5.51 Å². The van der Waals surface area contributed by atoms with Crippen molar-refractivity contribution in [2.75, 3.05) is 32.1 Å². The molecule has 1 aliphatic rings. The summed E-state index contributed by atoms with van der Waals surface area (Å²) in [6.07, 6.45) is 1.33. The van der Waals surface area contributed by atoms with Crippen LogP contribution in [-0.2, 0) is 14.3 Å². The van der Waals surface area contributed by atoms with Gasteiger partial charge < -0.3 is 15.0 Å². The summed E-state index contributed by atoms with van der Waals surface area (Å²) in [6, 6.07) is 0. The summed E-state index contributed by atoms with van der Waals surface area (Å²) in [7, 11) is 1.50. The lowest BCUT2D eigenvalue weighted by Gasteiger charge is -2.30. The molecule has 0 atom stereocenters. The molecule has 0 radical (unpaired) electrons. The van der Waals surface area contributed by atoms with Gasteiger partial charge >= 0.3 is 0 Å². The molecule has 0 spiro atoms. The van der Waals surface area contributed by atoms with Crippen LogP contribution in [0.15, 0.2) is 5.51 Å². The van der Waals surface area contributed by atoms with Crippen LogP contribution in [0, 0.1) is 5.92 Å². The number of methoxy groups -OCH3 is 1. The van der Waals surface area contributed by atoms with E-state index < -0.39 is 0 Å². The van der Waals surface area contributed by atoms with Gasteiger partial charge in [-0.2, -0.15) is 0 Å². The Labute approximate surface area is 115 Å². The van der Waals surface area contributed by atoms with E-state index in [2.05, 4.69) is 15.5 Å². The number of nitrogens with zero attached hydrogens (tertiary/aromatic N) is 3. The smallest absolute Gasteiger partial charge is 0.248 e. The monoisotopic (exact) mass is 284 g/mol. The summed E-state index contributed by atoms with van der Waals surface area (Å²) >= 11 is 1.29. The van der Waals surface area contributed by atoms with E-state index in [4.69, 9.17) is 4.74 Å². The Morgan fingerprint density at radius 2 is 2.26 bits per heavy atom. The van der Waals surface area contributed by atoms with Crippen molar-refractivity contribution < 1.29 is 14.3 Å². The molecule has 1 aromatic heterocycles. The first-order valence-corrected chi connectivity index (χ1v) is 6.92. The summed E-state index contributed by atoms with van der Waals surface area (Å²) in [4.78, 5) is 25.3. The van der Waals surface area contributed by atoms with E-state index in [0.717, 1.165) is 0 Å². The number of nitrogens with one attached hydrogen (secondary N) is 1. The molecule has 2 amide bonds. The van der Waals surface area contributed by atoms with Crippen LogP contribution < -0.4 is 5.32 Å². The lowest BCUT2D eigenvalue weighted by Crippen LogP contribution is -2.42. The maximum atomic E-state index is 12.0. The highest BCUT2D eigenvalue weighted by atomic mass is 32.1. The largest absolute Gasteiger partial charge is 0.375 e. The van der Waals surface area contributed by atoms with E-state index in [0.29, 0.717) is 31.1 Å². The highest BCUT2D eigenvalue weighted by molar-refractivity contribution is 7.13. The second kappa shape index (κ2) is 6.58. The Balaban J connectivity index is 1.79. The van der Waals surface area contributed by atoms with E-state index in [9.17, 15) is 9.59 Å². The summed E-state index contributed by atoms with van der Waals surface area (Å²) in [5.41, 5.74) is 1.57. The van der Waals surface area contributed by atoms with Crippen LogP contribution in [0.2, 0.25) is 0 Å². The third kappa shape index (κ3) is 3.71. The molecule has 19 heavy (non-hydrogen) atoms. The number of anilines is 1. The quantitative estimate of drug-likeness (QED) is 0.863. The number of carbonyl (C=O) groups excluding carboxylic acids is 2. The maximum absolute atomic E-state index is 12.0. The molecule has 0 saturated carbocycles. The normalized spacial score (nSPS) is 16.4. The van der Waals surface area contributed by atoms with E-state index in [1.807, 2.05) is 0 Å². The second-order valence-corrected chi connectivity index (χ2v) is 5.15. The Hall–Kier alpha value is -1.54. The van der Waals surface area contributed by atoms with Crippen LogP contribution in [-0.4, -0.2) is 53.7 Å². The Morgan fingerprint density at radius 1 is 1.53 bits per heavy atom. The summed E-state index contributed by atoms with van der Waals surface area (Å²) < 4.78 is 4.82. The van der Waals surface area contributed by atoms with Crippen molar-refractivity contribution in [2.24, 2.45) is 5.92 Å². The summed E-state index contributed by atoms with van der Waals surface area (Å²) in [6.45, 7) is 1.29. The molecule has 0 aliphatic carbocycles. The standard InChI is InChI=1S/C11H16N4O3S/c1-18-6-9(16)15-4-2-8(3-5-15)10(17)13-11-14-12-7-19-11/h7-8H,2-6H2,1H3,(H,13,14,17). The van der Waals surface area contributed by atoms with Gasteiger partial charge in [-0.05, 0) is 12.8 Å². The van der Waals surface area contributed by atoms with Crippen molar-refractivity contribution in [2.45, 2.75) is 12.8 Å². The van der Waals surface area contributed by atoms with E-state index >= 15 is 0 Å². The molecule has 7 nitrogen and oxygen atoms in total. The average Bonchev–Trinajstić information content (AvgIpc) is 2.92. The van der Waals surface area contributed by atoms with E-state index in [-0.39, 0.29) is 24.3 Å². The fourth-order valence-corrected chi connectivity index (χ4v) is 2.49. The van der Waals surface area contributed by atoms with Gasteiger partial charge in [0.25, 0.3) is 0 Å². The van der Waals surface area contributed by atoms with Gasteiger partial charge in [-0.3, -0.25) is 9.59 Å². The topological polar surface area (TPSA) is 84.4 Å². The van der Waals surface area contributed by atoms with Crippen LogP contribution in [0.25, 0.3) is 0 Å². The zero-order chi connectivity index (χ0) is 13.7. The molecule has 1 aromatic rings. The van der Waals surface area contributed by atoms with E-state index in [1.165, 1.54) is 18.4 Å². The minimum Gasteiger partial charge on any atom is -0.375 e. The molecular weight excluding hydrogens is 268 g/mol. The van der Waals surface area contributed by atoms with Crippen LogP contribution in [0.1, 0.15) is 12.8 Å². The molecule has 0 bridgehead atoms. The summed E-state index contributed by atoms with van der Waals surface area (Å²) in [5, 5.41) is 10.7. The van der Waals surface area contributed by atoms with Crippen LogP contribution in [0.4, 0.5) is 5.13 Å². The molecule has 8 heteroatoms. The molecule has 104 valence electrons. The number of amides is 2. The SMILES string of the molecule is COCC(=O)N1CCC(C(=O)Nc2nncs2)CC1. The third-order valence-electron chi connectivity index (χ3n) is 3.08. The minimum absolute atomic E-state index is 0.0227. The molecular formula is C11H16N4O3S. The number of aromatic nitrogens is 2. The first-order valence-electron chi connectivity index (χ1n) is 6.04. The maximum Gasteiger partial charge on any atom is 0.248 e. The second-order valence-electron chi connectivity index (χ2n) is 4.32. The predicted octanol–water partition coefficient (Wildman–Crippen LogP) is 0.362. The lowest BCUT2D eigenvalue weighted by molar-refractivity contribution is -0.138. The molecule has 1 fully saturated rings. The number of likely N-dealkylation sites (tertiary alicyclic amines) is 1. The fourth-order valence-electron chi connectivity index (χ4n) is 2.04. The van der Waals surface area contributed by atoms with Gasteiger partial charge in [0.15, 0.2) is 0 Å². The van der Waals surface area contributed by atoms with Gasteiger partial charge in [0.1, 0.15) is 12.1 Å². The van der Waals surface area contributed by atoms with E-state index in [1.54, 1.807) is 10.4 Å². The molecule has 0 unspecified atom stereocenters. The van der Waals surface area contributed by atoms with Crippen LogP contribution in [0.5, 0.6) is 0 Å². The number of ether oxygens (including phenoxy) is 1. The zero-order valence-electron chi connectivity index (χ0n) is 10.7. The van der Waals surface area contributed by atoms with Gasteiger partial charge in [0.2, 0.25) is 16.9 Å². The number of rotatable bonds is 4. The van der Waals surface area contributed by atoms with Crippen LogP contribution in [0.3, 0.4) is 0 Å². The van der Waals surface area contributed by atoms with Crippen molar-refractivity contribution in [3.8, 4) is 0 Å². The average molecular weight is 284 g/mol. The number of hydrogen-bond acceptors (Lipinski definition) is 6. The number of hydrogen-bond donors (Lipinski definition) is 1. The number of carbonyl (C=O) groups is 2. The Bertz CT molecular complexity index is 429. The highest BCUT2D eigenvalue weighted by Gasteiger charge is 2.27. The molecule has 1 aliphatic heterocycles. The molecule has 2 rings (SSSR count). The molecule has 1 N–H and O–H groups in total. The van der Waals surface area contributed by atoms with Gasteiger partial charge in [0, 0.05) is 26.1 Å². The molecule has 2 heterocycles. The van der Waals surface area contributed by atoms with Crippen LogP contribution >= 0.6 is 11.3 Å².